The highest BCUT2D eigenvalue weighted by molar-refractivity contribution is 6.30. The first-order valence-electron chi connectivity index (χ1n) is 8.03. The molecule has 2 heterocycles. The summed E-state index contributed by atoms with van der Waals surface area (Å²) in [5.74, 6) is -0.372. The summed E-state index contributed by atoms with van der Waals surface area (Å²) in [6.45, 7) is 3.75. The Morgan fingerprint density at radius 2 is 2.07 bits per heavy atom. The van der Waals surface area contributed by atoms with Crippen molar-refractivity contribution in [2.75, 3.05) is 5.32 Å². The van der Waals surface area contributed by atoms with Crippen LogP contribution in [0.1, 0.15) is 19.4 Å². The molecule has 0 fully saturated rings. The molecule has 0 unspecified atom stereocenters. The van der Waals surface area contributed by atoms with Crippen LogP contribution in [0.3, 0.4) is 0 Å². The molecule has 10 heteroatoms. The van der Waals surface area contributed by atoms with Crippen molar-refractivity contribution in [1.29, 1.82) is 0 Å². The fourth-order valence-electron chi connectivity index (χ4n) is 2.44. The second kappa shape index (κ2) is 7.20. The molecule has 1 aromatic carbocycles. The highest BCUT2D eigenvalue weighted by atomic mass is 35.5. The maximum Gasteiger partial charge on any atom is 0.307 e. The zero-order chi connectivity index (χ0) is 19.6. The molecule has 0 aliphatic heterocycles. The van der Waals surface area contributed by atoms with Crippen LogP contribution in [0, 0.1) is 10.1 Å². The van der Waals surface area contributed by atoms with Gasteiger partial charge in [-0.25, -0.2) is 0 Å². The molecule has 1 amide bonds. The first-order chi connectivity index (χ1) is 12.8. The smallest absolute Gasteiger partial charge is 0.307 e. The van der Waals surface area contributed by atoms with E-state index in [1.54, 1.807) is 30.8 Å². The molecule has 9 nitrogen and oxygen atoms in total. The largest absolute Gasteiger partial charge is 0.321 e. The van der Waals surface area contributed by atoms with Crippen molar-refractivity contribution in [3.8, 4) is 0 Å². The average molecular weight is 389 g/mol. The summed E-state index contributed by atoms with van der Waals surface area (Å²) in [4.78, 5) is 22.9. The molecular weight excluding hydrogens is 372 g/mol. The molecule has 3 aromatic rings. The van der Waals surface area contributed by atoms with Crippen molar-refractivity contribution in [1.82, 2.24) is 19.6 Å². The molecule has 1 N–H and O–H groups in total. The molecule has 0 aliphatic rings. The van der Waals surface area contributed by atoms with Gasteiger partial charge in [-0.1, -0.05) is 23.7 Å². The third kappa shape index (κ3) is 4.14. The van der Waals surface area contributed by atoms with E-state index in [2.05, 4.69) is 15.5 Å². The monoisotopic (exact) mass is 388 g/mol. The molecule has 0 radical (unpaired) electrons. The lowest BCUT2D eigenvalue weighted by Gasteiger charge is -2.23. The second-order valence-electron chi connectivity index (χ2n) is 6.47. The summed E-state index contributed by atoms with van der Waals surface area (Å²) >= 11 is 5.98. The lowest BCUT2D eigenvalue weighted by atomic mass is 10.1. The predicted octanol–water partition coefficient (Wildman–Crippen LogP) is 3.06. The minimum Gasteiger partial charge on any atom is -0.321 e. The van der Waals surface area contributed by atoms with E-state index in [0.717, 1.165) is 11.8 Å². The predicted molar refractivity (Wildman–Crippen MR) is 99.6 cm³/mol. The number of benzene rings is 1. The SMILES string of the molecule is CC(C)(C(=O)Nc1cnn(Cc2cccc(Cl)c2)c1)n1cc([N+](=O)[O-])cn1. The second-order valence-corrected chi connectivity index (χ2v) is 6.91. The van der Waals surface area contributed by atoms with E-state index in [1.165, 1.54) is 17.1 Å². The van der Waals surface area contributed by atoms with E-state index in [4.69, 9.17) is 11.6 Å². The highest BCUT2D eigenvalue weighted by Crippen LogP contribution is 2.21. The highest BCUT2D eigenvalue weighted by Gasteiger charge is 2.32. The van der Waals surface area contributed by atoms with Gasteiger partial charge >= 0.3 is 5.69 Å². The molecule has 140 valence electrons. The van der Waals surface area contributed by atoms with E-state index in [9.17, 15) is 14.9 Å². The summed E-state index contributed by atoms with van der Waals surface area (Å²) in [6, 6.07) is 7.42. The zero-order valence-electron chi connectivity index (χ0n) is 14.7. The van der Waals surface area contributed by atoms with E-state index in [1.807, 2.05) is 18.2 Å². The van der Waals surface area contributed by atoms with Crippen molar-refractivity contribution in [3.05, 3.63) is 69.8 Å². The van der Waals surface area contributed by atoms with Crippen LogP contribution in [-0.2, 0) is 16.9 Å². The average Bonchev–Trinajstić information content (AvgIpc) is 3.25. The summed E-state index contributed by atoms with van der Waals surface area (Å²) < 4.78 is 2.93. The van der Waals surface area contributed by atoms with Crippen LogP contribution < -0.4 is 5.32 Å². The van der Waals surface area contributed by atoms with Crippen molar-refractivity contribution in [3.63, 3.8) is 0 Å². The van der Waals surface area contributed by atoms with Gasteiger partial charge in [0.1, 0.15) is 17.9 Å². The Morgan fingerprint density at radius 3 is 2.74 bits per heavy atom. The number of halogens is 1. The van der Waals surface area contributed by atoms with Gasteiger partial charge in [0.25, 0.3) is 5.91 Å². The lowest BCUT2D eigenvalue weighted by Crippen LogP contribution is -2.40. The Balaban J connectivity index is 1.70. The number of amides is 1. The number of hydrogen-bond donors (Lipinski definition) is 1. The third-order valence-electron chi connectivity index (χ3n) is 4.03. The summed E-state index contributed by atoms with van der Waals surface area (Å²) in [5, 5.41) is 22.4. The Kier molecular flexibility index (Phi) is 4.95. The minimum absolute atomic E-state index is 0.176. The Bertz CT molecular complexity index is 994. The number of rotatable bonds is 6. The minimum atomic E-state index is -1.12. The van der Waals surface area contributed by atoms with Crippen molar-refractivity contribution in [2.24, 2.45) is 0 Å². The quantitative estimate of drug-likeness (QED) is 0.515. The standard InChI is InChI=1S/C17H17ClN6O3/c1-17(2,23-11-15(8-20-23)24(26)27)16(25)21-14-7-19-22(10-14)9-12-4-3-5-13(18)6-12/h3-8,10-11H,9H2,1-2H3,(H,21,25). The van der Waals surface area contributed by atoms with Crippen LogP contribution in [0.4, 0.5) is 11.4 Å². The fraction of sp³-hybridized carbons (Fsp3) is 0.235. The number of hydrogen-bond acceptors (Lipinski definition) is 5. The maximum absolute atomic E-state index is 12.6. The van der Waals surface area contributed by atoms with Crippen LogP contribution in [0.2, 0.25) is 5.02 Å². The number of anilines is 1. The van der Waals surface area contributed by atoms with Gasteiger partial charge < -0.3 is 5.32 Å². The van der Waals surface area contributed by atoms with Gasteiger partial charge in [-0.2, -0.15) is 10.2 Å². The Hall–Kier alpha value is -3.20. The Morgan fingerprint density at radius 1 is 1.30 bits per heavy atom. The van der Waals surface area contributed by atoms with Gasteiger partial charge in [-0.15, -0.1) is 0 Å². The molecule has 0 saturated carbocycles. The van der Waals surface area contributed by atoms with Crippen LogP contribution in [0.5, 0.6) is 0 Å². The van der Waals surface area contributed by atoms with Gasteiger partial charge in [0.05, 0.1) is 23.4 Å². The number of nitro groups is 1. The molecule has 27 heavy (non-hydrogen) atoms. The molecule has 0 bridgehead atoms. The van der Waals surface area contributed by atoms with Gasteiger partial charge in [0, 0.05) is 11.2 Å². The molecule has 3 rings (SSSR count). The fourth-order valence-corrected chi connectivity index (χ4v) is 2.65. The molecule has 2 aromatic heterocycles. The van der Waals surface area contributed by atoms with E-state index < -0.39 is 10.5 Å². The lowest BCUT2D eigenvalue weighted by molar-refractivity contribution is -0.385. The van der Waals surface area contributed by atoms with Crippen LogP contribution in [0.15, 0.2) is 49.1 Å². The summed E-state index contributed by atoms with van der Waals surface area (Å²) in [7, 11) is 0. The van der Waals surface area contributed by atoms with Crippen LogP contribution >= 0.6 is 11.6 Å². The van der Waals surface area contributed by atoms with Gasteiger partial charge in [-0.05, 0) is 31.5 Å². The normalized spacial score (nSPS) is 11.4. The first-order valence-corrected chi connectivity index (χ1v) is 8.41. The number of carbonyl (C=O) groups excluding carboxylic acids is 1. The van der Waals surface area contributed by atoms with Crippen LogP contribution in [-0.4, -0.2) is 30.4 Å². The third-order valence-corrected chi connectivity index (χ3v) is 4.27. The van der Waals surface area contributed by atoms with Gasteiger partial charge in [-0.3, -0.25) is 24.3 Å². The zero-order valence-corrected chi connectivity index (χ0v) is 15.4. The summed E-state index contributed by atoms with van der Waals surface area (Å²) in [5.41, 5.74) is 0.193. The van der Waals surface area contributed by atoms with E-state index >= 15 is 0 Å². The molecule has 0 aliphatic carbocycles. The van der Waals surface area contributed by atoms with Crippen molar-refractivity contribution < 1.29 is 9.72 Å². The van der Waals surface area contributed by atoms with Gasteiger partial charge in [0.2, 0.25) is 0 Å². The summed E-state index contributed by atoms with van der Waals surface area (Å²) in [6.07, 6.45) is 5.56. The van der Waals surface area contributed by atoms with Crippen molar-refractivity contribution in [2.45, 2.75) is 25.9 Å². The number of nitrogens with zero attached hydrogens (tertiary/aromatic N) is 5. The topological polar surface area (TPSA) is 108 Å². The first kappa shape index (κ1) is 18.6. The number of nitrogens with one attached hydrogen (secondary N) is 1. The molecule has 0 atom stereocenters. The molecule has 0 saturated heterocycles. The number of carbonyl (C=O) groups is 1. The maximum atomic E-state index is 12.6. The van der Waals surface area contributed by atoms with E-state index in [0.29, 0.717) is 17.3 Å². The molecular formula is C17H17ClN6O3. The molecule has 0 spiro atoms. The number of aromatic nitrogens is 4. The van der Waals surface area contributed by atoms with E-state index in [-0.39, 0.29) is 11.6 Å². The van der Waals surface area contributed by atoms with Crippen LogP contribution in [0.25, 0.3) is 0 Å². The van der Waals surface area contributed by atoms with Crippen molar-refractivity contribution >= 4 is 28.9 Å². The van der Waals surface area contributed by atoms with Gasteiger partial charge in [0.15, 0.2) is 0 Å². The Labute approximate surface area is 159 Å².